The third kappa shape index (κ3) is 3.14. The first-order chi connectivity index (χ1) is 5.10. The Morgan fingerprint density at radius 1 is 1.45 bits per heavy atom. The predicted molar refractivity (Wildman–Crippen MR) is 55.5 cm³/mol. The molecule has 0 aliphatic rings. The van der Waals surface area contributed by atoms with Gasteiger partial charge in [0.1, 0.15) is 0 Å². The van der Waals surface area contributed by atoms with Crippen LogP contribution in [0, 0.1) is 0 Å². The smallest absolute Gasteiger partial charge is 0.229 e. The first kappa shape index (κ1) is 11.5. The van der Waals surface area contributed by atoms with Gasteiger partial charge >= 0.3 is 0 Å². The Labute approximate surface area is 76.3 Å². The van der Waals surface area contributed by atoms with Gasteiger partial charge in [-0.2, -0.15) is 0 Å². The van der Waals surface area contributed by atoms with E-state index in [9.17, 15) is 0 Å². The summed E-state index contributed by atoms with van der Waals surface area (Å²) in [5.41, 5.74) is 0.675. The highest BCUT2D eigenvalue weighted by molar-refractivity contribution is 7.19. The maximum Gasteiger partial charge on any atom is 0.229 e. The van der Waals surface area contributed by atoms with Crippen molar-refractivity contribution in [3.05, 3.63) is 0 Å². The molecule has 2 unspecified atom stereocenters. The molecule has 3 heteroatoms. The van der Waals surface area contributed by atoms with Crippen LogP contribution in [0.1, 0.15) is 33.6 Å². The lowest BCUT2D eigenvalue weighted by molar-refractivity contribution is 0.808. The van der Waals surface area contributed by atoms with E-state index < -0.39 is 7.55 Å². The summed E-state index contributed by atoms with van der Waals surface area (Å²) in [4.78, 5) is 3.33. The minimum absolute atomic E-state index is 0.675. The molecular weight excluding hydrogens is 174 g/mol. The number of halogens is 1. The van der Waals surface area contributed by atoms with Crippen molar-refractivity contribution in [3.63, 3.8) is 0 Å². The molecule has 0 amide bonds. The molecule has 0 radical (unpaired) electrons. The fraction of sp³-hybridized carbons (Fsp3) is 1.00. The molecule has 0 aromatic carbocycles. The van der Waals surface area contributed by atoms with E-state index in [2.05, 4.69) is 25.8 Å². The van der Waals surface area contributed by atoms with Crippen LogP contribution in [0.5, 0.6) is 0 Å². The minimum Gasteiger partial charge on any atom is -0.328 e. The summed E-state index contributed by atoms with van der Waals surface area (Å²) in [6.45, 7) is 6.66. The lowest BCUT2D eigenvalue weighted by atomic mass is 10.4. The molecule has 0 bridgehead atoms. The molecule has 1 nitrogen and oxygen atoms in total. The molecule has 68 valence electrons. The van der Waals surface area contributed by atoms with Crippen LogP contribution in [0.3, 0.4) is 0 Å². The fourth-order valence-corrected chi connectivity index (χ4v) is 4.95. The zero-order valence-electron chi connectivity index (χ0n) is 8.08. The third-order valence-electron chi connectivity index (χ3n) is 2.42. The Hall–Kier alpha value is 0.467. The van der Waals surface area contributed by atoms with E-state index in [1.54, 1.807) is 0 Å². The van der Waals surface area contributed by atoms with Crippen molar-refractivity contribution < 1.29 is 0 Å². The summed E-state index contributed by atoms with van der Waals surface area (Å²) >= 11 is 6.50. The second-order valence-corrected chi connectivity index (χ2v) is 8.91. The van der Waals surface area contributed by atoms with Crippen molar-refractivity contribution in [1.82, 2.24) is 4.98 Å². The number of nitrogens with one attached hydrogen (secondary N) is 1. The molecule has 0 aliphatic heterocycles. The number of hydrogen-bond donors (Lipinski definition) is 1. The van der Waals surface area contributed by atoms with Crippen LogP contribution in [0.15, 0.2) is 0 Å². The molecule has 2 atom stereocenters. The highest BCUT2D eigenvalue weighted by Crippen LogP contribution is 2.30. The number of rotatable bonds is 5. The van der Waals surface area contributed by atoms with Crippen molar-refractivity contribution in [2.45, 2.75) is 45.2 Å². The summed E-state index contributed by atoms with van der Waals surface area (Å²) in [6.07, 6.45) is 2.39. The molecule has 0 aromatic rings. The highest BCUT2D eigenvalue weighted by atomic mass is 35.6. The van der Waals surface area contributed by atoms with E-state index in [1.165, 1.54) is 18.9 Å². The van der Waals surface area contributed by atoms with Crippen LogP contribution in [0.25, 0.3) is 0 Å². The molecule has 1 N–H and O–H groups in total. The van der Waals surface area contributed by atoms with Gasteiger partial charge in [0, 0.05) is 0 Å². The fourth-order valence-electron chi connectivity index (χ4n) is 1.31. The molecule has 0 aliphatic carbocycles. The zero-order chi connectivity index (χ0) is 8.91. The largest absolute Gasteiger partial charge is 0.328 e. The van der Waals surface area contributed by atoms with Crippen LogP contribution in [0.2, 0.25) is 11.6 Å². The molecule has 0 rings (SSSR count). The molecule has 11 heavy (non-hydrogen) atoms. The lowest BCUT2D eigenvalue weighted by Crippen LogP contribution is -2.46. The van der Waals surface area contributed by atoms with Gasteiger partial charge < -0.3 is 4.98 Å². The van der Waals surface area contributed by atoms with Gasteiger partial charge in [-0.1, -0.05) is 33.6 Å². The van der Waals surface area contributed by atoms with Crippen LogP contribution < -0.4 is 4.98 Å². The van der Waals surface area contributed by atoms with E-state index in [4.69, 9.17) is 11.1 Å². The predicted octanol–water partition coefficient (Wildman–Crippen LogP) is 3.10. The summed E-state index contributed by atoms with van der Waals surface area (Å²) < 4.78 is 0. The van der Waals surface area contributed by atoms with Gasteiger partial charge in [-0.3, -0.25) is 0 Å². The van der Waals surface area contributed by atoms with Crippen LogP contribution in [0.4, 0.5) is 0 Å². The normalized spacial score (nSPS) is 19.4. The second kappa shape index (κ2) is 5.17. The molecule has 0 heterocycles. The van der Waals surface area contributed by atoms with Gasteiger partial charge in [-0.15, -0.1) is 11.1 Å². The van der Waals surface area contributed by atoms with E-state index in [-0.39, 0.29) is 0 Å². The Morgan fingerprint density at radius 3 is 2.27 bits per heavy atom. The average molecular weight is 194 g/mol. The van der Waals surface area contributed by atoms with Crippen molar-refractivity contribution >= 4 is 18.6 Å². The third-order valence-corrected chi connectivity index (χ3v) is 8.70. The topological polar surface area (TPSA) is 12.0 Å². The first-order valence-corrected chi connectivity index (χ1v) is 7.78. The van der Waals surface area contributed by atoms with E-state index >= 15 is 0 Å². The number of hydrogen-bond acceptors (Lipinski definition) is 1. The standard InChI is InChI=1S/C8H20ClNSi/c1-5-7-11(9,10-4)8(3)6-2/h8,10H,5-7H2,1-4H3. The first-order valence-electron chi connectivity index (χ1n) is 4.48. The van der Waals surface area contributed by atoms with Crippen LogP contribution in [-0.4, -0.2) is 14.6 Å². The molecular formula is C8H20ClNSi. The summed E-state index contributed by atoms with van der Waals surface area (Å²) in [5.74, 6) is 0. The van der Waals surface area contributed by atoms with Gasteiger partial charge in [0.05, 0.1) is 0 Å². The van der Waals surface area contributed by atoms with E-state index in [1.807, 2.05) is 7.05 Å². The second-order valence-electron chi connectivity index (χ2n) is 3.17. The minimum atomic E-state index is -1.60. The van der Waals surface area contributed by atoms with Crippen molar-refractivity contribution in [2.24, 2.45) is 0 Å². The van der Waals surface area contributed by atoms with Gasteiger partial charge in [-0.05, 0) is 18.6 Å². The molecule has 0 spiro atoms. The Morgan fingerprint density at radius 2 is 2.00 bits per heavy atom. The van der Waals surface area contributed by atoms with Crippen molar-refractivity contribution in [3.8, 4) is 0 Å². The van der Waals surface area contributed by atoms with Gasteiger partial charge in [0.15, 0.2) is 0 Å². The highest BCUT2D eigenvalue weighted by Gasteiger charge is 2.33. The lowest BCUT2D eigenvalue weighted by Gasteiger charge is -2.28. The Balaban J connectivity index is 4.07. The molecule has 0 fully saturated rings. The molecule has 0 saturated heterocycles. The zero-order valence-corrected chi connectivity index (χ0v) is 9.83. The maximum absolute atomic E-state index is 6.50. The van der Waals surface area contributed by atoms with Gasteiger partial charge in [-0.25, -0.2) is 0 Å². The Bertz CT molecular complexity index is 110. The maximum atomic E-state index is 6.50. The van der Waals surface area contributed by atoms with Crippen LogP contribution >= 0.6 is 11.1 Å². The summed E-state index contributed by atoms with van der Waals surface area (Å²) in [7, 11) is 0.396. The summed E-state index contributed by atoms with van der Waals surface area (Å²) in [5, 5.41) is 0. The molecule has 0 aromatic heterocycles. The van der Waals surface area contributed by atoms with Crippen molar-refractivity contribution in [2.75, 3.05) is 7.05 Å². The quantitative estimate of drug-likeness (QED) is 0.523. The SMILES string of the molecule is CCC[Si](Cl)(NC)C(C)CC. The summed E-state index contributed by atoms with van der Waals surface area (Å²) in [6, 6.07) is 1.18. The Kier molecular flexibility index (Phi) is 5.39. The van der Waals surface area contributed by atoms with Crippen molar-refractivity contribution in [1.29, 1.82) is 0 Å². The average Bonchev–Trinajstić information content (AvgIpc) is 2.03. The van der Waals surface area contributed by atoms with Crippen LogP contribution in [-0.2, 0) is 0 Å². The van der Waals surface area contributed by atoms with Gasteiger partial charge in [0.25, 0.3) is 0 Å². The molecule has 0 saturated carbocycles. The van der Waals surface area contributed by atoms with Gasteiger partial charge in [0.2, 0.25) is 7.55 Å². The van der Waals surface area contributed by atoms with E-state index in [0.717, 1.165) is 0 Å². The monoisotopic (exact) mass is 193 g/mol. The van der Waals surface area contributed by atoms with E-state index in [0.29, 0.717) is 5.54 Å².